The molecule has 2 atom stereocenters. The van der Waals surface area contributed by atoms with E-state index in [9.17, 15) is 8.42 Å². The summed E-state index contributed by atoms with van der Waals surface area (Å²) in [6.07, 6.45) is 4.98. The predicted molar refractivity (Wildman–Crippen MR) is 71.1 cm³/mol. The Hall–Kier alpha value is -1.07. The third-order valence-electron chi connectivity index (χ3n) is 3.10. The Morgan fingerprint density at radius 3 is 2.50 bits per heavy atom. The first kappa shape index (κ1) is 13.4. The zero-order chi connectivity index (χ0) is 13.0. The second kappa shape index (κ2) is 5.71. The van der Waals surface area contributed by atoms with Gasteiger partial charge in [0.15, 0.2) is 0 Å². The summed E-state index contributed by atoms with van der Waals surface area (Å²) in [6, 6.07) is 9.43. The Balaban J connectivity index is 2.04. The maximum absolute atomic E-state index is 11.3. The molecule has 0 aliphatic heterocycles. The van der Waals surface area contributed by atoms with Gasteiger partial charge in [0.2, 0.25) is 10.0 Å². The van der Waals surface area contributed by atoms with Gasteiger partial charge in [0.1, 0.15) is 11.9 Å². The van der Waals surface area contributed by atoms with Crippen LogP contribution in [0, 0.1) is 0 Å². The molecule has 0 spiro atoms. The number of benzene rings is 1. The molecule has 2 rings (SSSR count). The zero-order valence-electron chi connectivity index (χ0n) is 10.5. The lowest BCUT2D eigenvalue weighted by Crippen LogP contribution is -2.47. The number of hydrogen-bond acceptors (Lipinski definition) is 3. The van der Waals surface area contributed by atoms with E-state index in [1.807, 2.05) is 30.3 Å². The molecule has 18 heavy (non-hydrogen) atoms. The molecule has 1 saturated carbocycles. The molecule has 1 aliphatic rings. The van der Waals surface area contributed by atoms with Crippen molar-refractivity contribution >= 4 is 10.0 Å². The van der Waals surface area contributed by atoms with Gasteiger partial charge in [-0.15, -0.1) is 0 Å². The van der Waals surface area contributed by atoms with E-state index in [4.69, 9.17) is 4.74 Å². The van der Waals surface area contributed by atoms with Crippen LogP contribution < -0.4 is 9.46 Å². The fraction of sp³-hybridized carbons (Fsp3) is 0.538. The lowest BCUT2D eigenvalue weighted by molar-refractivity contribution is 0.125. The molecule has 1 fully saturated rings. The van der Waals surface area contributed by atoms with Crippen molar-refractivity contribution in [3.8, 4) is 5.75 Å². The lowest BCUT2D eigenvalue weighted by Gasteiger charge is -2.31. The SMILES string of the molecule is CS(=O)(=O)N[C@@H]1CCCC[C@@H]1Oc1ccccc1. The average molecular weight is 269 g/mol. The number of para-hydroxylation sites is 1. The van der Waals surface area contributed by atoms with Crippen LogP contribution in [-0.2, 0) is 10.0 Å². The molecule has 5 heteroatoms. The monoisotopic (exact) mass is 269 g/mol. The number of hydrogen-bond donors (Lipinski definition) is 1. The smallest absolute Gasteiger partial charge is 0.209 e. The predicted octanol–water partition coefficient (Wildman–Crippen LogP) is 1.93. The van der Waals surface area contributed by atoms with Crippen molar-refractivity contribution in [3.05, 3.63) is 30.3 Å². The maximum atomic E-state index is 11.3. The summed E-state index contributed by atoms with van der Waals surface area (Å²) < 4.78 is 31.2. The van der Waals surface area contributed by atoms with E-state index in [2.05, 4.69) is 4.72 Å². The Morgan fingerprint density at radius 2 is 1.83 bits per heavy atom. The van der Waals surface area contributed by atoms with Crippen LogP contribution in [-0.4, -0.2) is 26.8 Å². The van der Waals surface area contributed by atoms with Gasteiger partial charge in [0.05, 0.1) is 12.3 Å². The highest BCUT2D eigenvalue weighted by atomic mass is 32.2. The van der Waals surface area contributed by atoms with Gasteiger partial charge in [0.25, 0.3) is 0 Å². The van der Waals surface area contributed by atoms with Crippen LogP contribution >= 0.6 is 0 Å². The van der Waals surface area contributed by atoms with E-state index < -0.39 is 10.0 Å². The third-order valence-corrected chi connectivity index (χ3v) is 3.83. The van der Waals surface area contributed by atoms with Crippen LogP contribution in [0.15, 0.2) is 30.3 Å². The summed E-state index contributed by atoms with van der Waals surface area (Å²) in [5.74, 6) is 0.796. The minimum atomic E-state index is -3.18. The molecular weight excluding hydrogens is 250 g/mol. The van der Waals surface area contributed by atoms with E-state index >= 15 is 0 Å². The van der Waals surface area contributed by atoms with Crippen molar-refractivity contribution in [3.63, 3.8) is 0 Å². The highest BCUT2D eigenvalue weighted by Crippen LogP contribution is 2.24. The van der Waals surface area contributed by atoms with E-state index in [1.165, 1.54) is 6.26 Å². The number of rotatable bonds is 4. The van der Waals surface area contributed by atoms with Gasteiger partial charge in [-0.2, -0.15) is 0 Å². The molecule has 0 saturated heterocycles. The highest BCUT2D eigenvalue weighted by molar-refractivity contribution is 7.88. The van der Waals surface area contributed by atoms with Crippen LogP contribution in [0.1, 0.15) is 25.7 Å². The molecule has 4 nitrogen and oxygen atoms in total. The average Bonchev–Trinajstić information content (AvgIpc) is 2.31. The van der Waals surface area contributed by atoms with Gasteiger partial charge >= 0.3 is 0 Å². The summed E-state index contributed by atoms with van der Waals surface area (Å²) in [6.45, 7) is 0. The fourth-order valence-corrected chi connectivity index (χ4v) is 3.14. The molecular formula is C13H19NO3S. The topological polar surface area (TPSA) is 55.4 Å². The van der Waals surface area contributed by atoms with Gasteiger partial charge < -0.3 is 4.74 Å². The van der Waals surface area contributed by atoms with E-state index in [1.54, 1.807) is 0 Å². The van der Waals surface area contributed by atoms with Crippen LogP contribution in [0.3, 0.4) is 0 Å². The van der Waals surface area contributed by atoms with E-state index in [-0.39, 0.29) is 12.1 Å². The van der Waals surface area contributed by atoms with E-state index in [0.717, 1.165) is 31.4 Å². The molecule has 0 aromatic heterocycles. The van der Waals surface area contributed by atoms with Crippen LogP contribution in [0.5, 0.6) is 5.75 Å². The highest BCUT2D eigenvalue weighted by Gasteiger charge is 2.28. The summed E-state index contributed by atoms with van der Waals surface area (Å²) >= 11 is 0. The molecule has 1 aromatic carbocycles. The van der Waals surface area contributed by atoms with Crippen molar-refractivity contribution in [2.45, 2.75) is 37.8 Å². The Bertz CT molecular complexity index is 472. The summed E-state index contributed by atoms with van der Waals surface area (Å²) in [4.78, 5) is 0. The molecule has 0 bridgehead atoms. The zero-order valence-corrected chi connectivity index (χ0v) is 11.3. The molecule has 0 unspecified atom stereocenters. The van der Waals surface area contributed by atoms with Gasteiger partial charge in [-0.05, 0) is 31.4 Å². The normalized spacial score (nSPS) is 24.7. The molecule has 1 aromatic rings. The number of nitrogens with one attached hydrogen (secondary N) is 1. The van der Waals surface area contributed by atoms with Crippen LogP contribution in [0.4, 0.5) is 0 Å². The van der Waals surface area contributed by atoms with Crippen LogP contribution in [0.2, 0.25) is 0 Å². The Kier molecular flexibility index (Phi) is 4.24. The number of sulfonamides is 1. The summed E-state index contributed by atoms with van der Waals surface area (Å²) in [5.41, 5.74) is 0. The van der Waals surface area contributed by atoms with E-state index in [0.29, 0.717) is 0 Å². The van der Waals surface area contributed by atoms with Gasteiger partial charge in [0, 0.05) is 0 Å². The Morgan fingerprint density at radius 1 is 1.17 bits per heavy atom. The quantitative estimate of drug-likeness (QED) is 0.908. The van der Waals surface area contributed by atoms with Gasteiger partial charge in [-0.3, -0.25) is 0 Å². The largest absolute Gasteiger partial charge is 0.489 e. The van der Waals surface area contributed by atoms with Crippen molar-refractivity contribution in [1.29, 1.82) is 0 Å². The van der Waals surface area contributed by atoms with Crippen molar-refractivity contribution in [2.24, 2.45) is 0 Å². The second-order valence-corrected chi connectivity index (χ2v) is 6.53. The fourth-order valence-electron chi connectivity index (χ4n) is 2.32. The first-order valence-electron chi connectivity index (χ1n) is 6.23. The van der Waals surface area contributed by atoms with Gasteiger partial charge in [-0.25, -0.2) is 13.1 Å². The van der Waals surface area contributed by atoms with Crippen molar-refractivity contribution < 1.29 is 13.2 Å². The van der Waals surface area contributed by atoms with Crippen molar-refractivity contribution in [2.75, 3.05) is 6.26 Å². The third kappa shape index (κ3) is 3.99. The first-order chi connectivity index (χ1) is 8.54. The lowest BCUT2D eigenvalue weighted by atomic mass is 9.93. The minimum absolute atomic E-state index is 0.0733. The molecule has 100 valence electrons. The summed E-state index contributed by atoms with van der Waals surface area (Å²) in [5, 5.41) is 0. The molecule has 0 amide bonds. The summed E-state index contributed by atoms with van der Waals surface area (Å²) in [7, 11) is -3.18. The van der Waals surface area contributed by atoms with Crippen molar-refractivity contribution in [1.82, 2.24) is 4.72 Å². The molecule has 0 radical (unpaired) electrons. The second-order valence-electron chi connectivity index (χ2n) is 4.75. The molecule has 1 aliphatic carbocycles. The first-order valence-corrected chi connectivity index (χ1v) is 8.13. The standard InChI is InChI=1S/C13H19NO3S/c1-18(15,16)14-12-9-5-6-10-13(12)17-11-7-3-2-4-8-11/h2-4,7-8,12-14H,5-6,9-10H2,1H3/t12-,13+/m1/s1. The van der Waals surface area contributed by atoms with Gasteiger partial charge in [-0.1, -0.05) is 24.6 Å². The molecule has 0 heterocycles. The molecule has 1 N–H and O–H groups in total. The minimum Gasteiger partial charge on any atom is -0.489 e. The Labute approximate surface area is 108 Å². The van der Waals surface area contributed by atoms with Crippen LogP contribution in [0.25, 0.3) is 0 Å². The maximum Gasteiger partial charge on any atom is 0.209 e. The number of ether oxygens (including phenoxy) is 1.